The molecule has 0 saturated heterocycles. The Morgan fingerprint density at radius 3 is 2.63 bits per heavy atom. The first-order chi connectivity index (χ1) is 9.15. The minimum absolute atomic E-state index is 0.0163. The summed E-state index contributed by atoms with van der Waals surface area (Å²) in [5, 5.41) is 0. The maximum Gasteiger partial charge on any atom is 0.260 e. The minimum atomic E-state index is -0.101. The van der Waals surface area contributed by atoms with Crippen LogP contribution in [0.2, 0.25) is 0 Å². The Hall–Kier alpha value is -1.75. The molecule has 0 unspecified atom stereocenters. The SMILES string of the molecule is CN(Cc1ccc(Br)o1)C(=O)COc1ccccc1. The number of carbonyl (C=O) groups is 1. The van der Waals surface area contributed by atoms with Gasteiger partial charge in [0.1, 0.15) is 11.5 Å². The molecule has 1 heterocycles. The zero-order chi connectivity index (χ0) is 13.7. The fourth-order valence-corrected chi connectivity index (χ4v) is 1.87. The smallest absolute Gasteiger partial charge is 0.260 e. The Bertz CT molecular complexity index is 539. The number of likely N-dealkylation sites (N-methyl/N-ethyl adjacent to an activating group) is 1. The van der Waals surface area contributed by atoms with Crippen LogP contribution in [0.3, 0.4) is 0 Å². The summed E-state index contributed by atoms with van der Waals surface area (Å²) in [6.07, 6.45) is 0. The van der Waals surface area contributed by atoms with Gasteiger partial charge in [0.15, 0.2) is 11.3 Å². The molecule has 100 valence electrons. The van der Waals surface area contributed by atoms with Crippen molar-refractivity contribution in [1.29, 1.82) is 0 Å². The number of para-hydroxylation sites is 1. The van der Waals surface area contributed by atoms with Crippen molar-refractivity contribution in [1.82, 2.24) is 4.90 Å². The number of halogens is 1. The normalized spacial score (nSPS) is 10.2. The molecule has 0 saturated carbocycles. The van der Waals surface area contributed by atoms with Crippen LogP contribution in [0.5, 0.6) is 5.75 Å². The number of hydrogen-bond acceptors (Lipinski definition) is 3. The van der Waals surface area contributed by atoms with E-state index in [2.05, 4.69) is 15.9 Å². The summed E-state index contributed by atoms with van der Waals surface area (Å²) in [7, 11) is 1.72. The molecule has 1 aromatic heterocycles. The predicted molar refractivity (Wildman–Crippen MR) is 74.8 cm³/mol. The molecule has 0 aliphatic carbocycles. The molecule has 0 fully saturated rings. The van der Waals surface area contributed by atoms with Gasteiger partial charge in [-0.25, -0.2) is 0 Å². The molecule has 5 heteroatoms. The maximum atomic E-state index is 11.9. The molecule has 0 bridgehead atoms. The summed E-state index contributed by atoms with van der Waals surface area (Å²) >= 11 is 3.23. The first kappa shape index (κ1) is 13.7. The Balaban J connectivity index is 1.82. The van der Waals surface area contributed by atoms with E-state index in [0.717, 1.165) is 5.76 Å². The van der Waals surface area contributed by atoms with Crippen LogP contribution in [0.25, 0.3) is 0 Å². The number of carbonyl (C=O) groups excluding carboxylic acids is 1. The molecule has 0 spiro atoms. The number of rotatable bonds is 5. The van der Waals surface area contributed by atoms with Gasteiger partial charge in [0.05, 0.1) is 6.54 Å². The molecular formula is C14H14BrNO3. The lowest BCUT2D eigenvalue weighted by Crippen LogP contribution is -2.30. The third kappa shape index (κ3) is 4.13. The van der Waals surface area contributed by atoms with Gasteiger partial charge in [-0.15, -0.1) is 0 Å². The third-order valence-corrected chi connectivity index (χ3v) is 2.98. The molecule has 0 aliphatic heterocycles. The average molecular weight is 324 g/mol. The van der Waals surface area contributed by atoms with E-state index in [1.165, 1.54) is 0 Å². The Kier molecular flexibility index (Phi) is 4.63. The number of amides is 1. The molecule has 0 N–H and O–H groups in total. The van der Waals surface area contributed by atoms with Gasteiger partial charge in [0, 0.05) is 7.05 Å². The number of hydrogen-bond donors (Lipinski definition) is 0. The van der Waals surface area contributed by atoms with Crippen molar-refractivity contribution in [2.24, 2.45) is 0 Å². The van der Waals surface area contributed by atoms with Gasteiger partial charge in [-0.05, 0) is 40.2 Å². The van der Waals surface area contributed by atoms with Crippen LogP contribution in [-0.4, -0.2) is 24.5 Å². The maximum absolute atomic E-state index is 11.9. The van der Waals surface area contributed by atoms with Gasteiger partial charge in [0.25, 0.3) is 5.91 Å². The molecule has 4 nitrogen and oxygen atoms in total. The van der Waals surface area contributed by atoms with Crippen molar-refractivity contribution in [2.45, 2.75) is 6.54 Å². The number of nitrogens with zero attached hydrogens (tertiary/aromatic N) is 1. The van der Waals surface area contributed by atoms with Crippen LogP contribution in [0.15, 0.2) is 51.6 Å². The molecule has 2 aromatic rings. The van der Waals surface area contributed by atoms with Gasteiger partial charge < -0.3 is 14.1 Å². The van der Waals surface area contributed by atoms with E-state index < -0.39 is 0 Å². The number of benzene rings is 1. The van der Waals surface area contributed by atoms with Gasteiger partial charge in [0.2, 0.25) is 0 Å². The number of ether oxygens (including phenoxy) is 1. The molecular weight excluding hydrogens is 310 g/mol. The lowest BCUT2D eigenvalue weighted by atomic mass is 10.3. The standard InChI is InChI=1S/C14H14BrNO3/c1-16(9-12-7-8-13(15)19-12)14(17)10-18-11-5-3-2-4-6-11/h2-8H,9-10H2,1H3. The third-order valence-electron chi connectivity index (χ3n) is 2.55. The van der Waals surface area contributed by atoms with Gasteiger partial charge >= 0.3 is 0 Å². The highest BCUT2D eigenvalue weighted by Gasteiger charge is 2.12. The van der Waals surface area contributed by atoms with Crippen molar-refractivity contribution in [3.05, 3.63) is 52.9 Å². The van der Waals surface area contributed by atoms with Gasteiger partial charge in [-0.2, -0.15) is 0 Å². The summed E-state index contributed by atoms with van der Waals surface area (Å²) in [6.45, 7) is 0.435. The highest BCUT2D eigenvalue weighted by atomic mass is 79.9. The van der Waals surface area contributed by atoms with Crippen molar-refractivity contribution in [3.63, 3.8) is 0 Å². The molecule has 19 heavy (non-hydrogen) atoms. The van der Waals surface area contributed by atoms with Crippen LogP contribution in [0.1, 0.15) is 5.76 Å². The van der Waals surface area contributed by atoms with Crippen LogP contribution >= 0.6 is 15.9 Å². The van der Waals surface area contributed by atoms with Crippen molar-refractivity contribution in [3.8, 4) is 5.75 Å². The van der Waals surface area contributed by atoms with E-state index in [4.69, 9.17) is 9.15 Å². The summed E-state index contributed by atoms with van der Waals surface area (Å²) < 4.78 is 11.4. The summed E-state index contributed by atoms with van der Waals surface area (Å²) in [4.78, 5) is 13.4. The Morgan fingerprint density at radius 1 is 1.26 bits per heavy atom. The second-order valence-electron chi connectivity index (χ2n) is 4.06. The zero-order valence-corrected chi connectivity index (χ0v) is 12.1. The first-order valence-electron chi connectivity index (χ1n) is 5.81. The molecule has 0 radical (unpaired) electrons. The summed E-state index contributed by atoms with van der Waals surface area (Å²) in [5.41, 5.74) is 0. The summed E-state index contributed by atoms with van der Waals surface area (Å²) in [6, 6.07) is 12.9. The lowest BCUT2D eigenvalue weighted by molar-refractivity contribution is -0.132. The molecule has 1 aromatic carbocycles. The fraction of sp³-hybridized carbons (Fsp3) is 0.214. The van der Waals surface area contributed by atoms with Crippen molar-refractivity contribution < 1.29 is 13.9 Å². The molecule has 0 atom stereocenters. The van der Waals surface area contributed by atoms with Crippen LogP contribution in [0.4, 0.5) is 0 Å². The van der Waals surface area contributed by atoms with Crippen molar-refractivity contribution in [2.75, 3.05) is 13.7 Å². The van der Waals surface area contributed by atoms with Crippen LogP contribution < -0.4 is 4.74 Å². The molecule has 1 amide bonds. The van der Waals surface area contributed by atoms with E-state index in [0.29, 0.717) is 17.0 Å². The zero-order valence-electron chi connectivity index (χ0n) is 10.5. The van der Waals surface area contributed by atoms with Gasteiger partial charge in [-0.3, -0.25) is 4.79 Å². The second kappa shape index (κ2) is 6.43. The number of furan rings is 1. The lowest BCUT2D eigenvalue weighted by Gasteiger charge is -2.16. The van der Waals surface area contributed by atoms with E-state index in [9.17, 15) is 4.79 Å². The molecule has 2 rings (SSSR count). The highest BCUT2D eigenvalue weighted by molar-refractivity contribution is 9.10. The highest BCUT2D eigenvalue weighted by Crippen LogP contribution is 2.15. The first-order valence-corrected chi connectivity index (χ1v) is 6.60. The second-order valence-corrected chi connectivity index (χ2v) is 4.84. The van der Waals surface area contributed by atoms with E-state index >= 15 is 0 Å². The summed E-state index contributed by atoms with van der Waals surface area (Å²) in [5.74, 6) is 1.31. The fourth-order valence-electron chi connectivity index (χ4n) is 1.53. The average Bonchev–Trinajstić information content (AvgIpc) is 2.82. The van der Waals surface area contributed by atoms with Crippen LogP contribution in [-0.2, 0) is 11.3 Å². The predicted octanol–water partition coefficient (Wildman–Crippen LogP) is 3.08. The monoisotopic (exact) mass is 323 g/mol. The van der Waals surface area contributed by atoms with E-state index in [1.807, 2.05) is 36.4 Å². The molecule has 0 aliphatic rings. The largest absolute Gasteiger partial charge is 0.484 e. The Morgan fingerprint density at radius 2 is 2.00 bits per heavy atom. The van der Waals surface area contributed by atoms with Crippen molar-refractivity contribution >= 4 is 21.8 Å². The van der Waals surface area contributed by atoms with Gasteiger partial charge in [-0.1, -0.05) is 18.2 Å². The van der Waals surface area contributed by atoms with Crippen LogP contribution in [0, 0.1) is 0 Å². The van der Waals surface area contributed by atoms with E-state index in [-0.39, 0.29) is 12.5 Å². The quantitative estimate of drug-likeness (QED) is 0.849. The minimum Gasteiger partial charge on any atom is -0.484 e. The topological polar surface area (TPSA) is 42.7 Å². The Labute approximate surface area is 120 Å². The van der Waals surface area contributed by atoms with E-state index in [1.54, 1.807) is 18.0 Å².